The van der Waals surface area contributed by atoms with Crippen LogP contribution in [0.25, 0.3) is 0 Å². The van der Waals surface area contributed by atoms with Crippen LogP contribution < -0.4 is 0 Å². The van der Waals surface area contributed by atoms with Crippen LogP contribution in [0.2, 0.25) is 5.02 Å². The van der Waals surface area contributed by atoms with Crippen LogP contribution in [0.5, 0.6) is 0 Å². The van der Waals surface area contributed by atoms with Crippen molar-refractivity contribution >= 4 is 29.6 Å². The van der Waals surface area contributed by atoms with E-state index in [-0.39, 0.29) is 0 Å². The van der Waals surface area contributed by atoms with Gasteiger partial charge in [0.2, 0.25) is 0 Å². The van der Waals surface area contributed by atoms with Crippen LogP contribution in [0, 0.1) is 0 Å². The van der Waals surface area contributed by atoms with Crippen molar-refractivity contribution in [2.24, 2.45) is 0 Å². The molecule has 0 saturated heterocycles. The van der Waals surface area contributed by atoms with Gasteiger partial charge in [-0.25, -0.2) is 0 Å². The number of carbonyl (C=O) groups excluding carboxylic acids is 1. The first-order chi connectivity index (χ1) is 5.26. The van der Waals surface area contributed by atoms with Gasteiger partial charge in [-0.1, -0.05) is 11.6 Å². The van der Waals surface area contributed by atoms with Crippen molar-refractivity contribution in [1.82, 2.24) is 0 Å². The van der Waals surface area contributed by atoms with Crippen LogP contribution in [0.1, 0.15) is 10.4 Å². The number of halogens is 1. The maximum absolute atomic E-state index is 10.4. The molecule has 0 amide bonds. The second kappa shape index (κ2) is 3.79. The average Bonchev–Trinajstić information content (AvgIpc) is 2.03. The van der Waals surface area contributed by atoms with Gasteiger partial charge < -0.3 is 0 Å². The molecule has 0 N–H and O–H groups in total. The molecule has 0 unspecified atom stereocenters. The van der Waals surface area contributed by atoms with E-state index in [1.165, 1.54) is 0 Å². The van der Waals surface area contributed by atoms with E-state index in [4.69, 9.17) is 11.6 Å². The molecule has 3 heteroatoms. The summed E-state index contributed by atoms with van der Waals surface area (Å²) in [6.45, 7) is 0. The van der Waals surface area contributed by atoms with Crippen LogP contribution in [0.3, 0.4) is 0 Å². The highest BCUT2D eigenvalue weighted by Crippen LogP contribution is 2.20. The molecule has 0 heterocycles. The molecule has 0 bridgehead atoms. The van der Waals surface area contributed by atoms with Gasteiger partial charge in [0.05, 0.1) is 0 Å². The molecule has 1 aromatic carbocycles. The number of hydrogen-bond acceptors (Lipinski definition) is 2. The number of thioether (sulfide) groups is 1. The Morgan fingerprint density at radius 2 is 2.18 bits per heavy atom. The molecule has 0 spiro atoms. The molecule has 1 rings (SSSR count). The lowest BCUT2D eigenvalue weighted by molar-refractivity contribution is 0.112. The zero-order valence-corrected chi connectivity index (χ0v) is 7.58. The van der Waals surface area contributed by atoms with Crippen molar-refractivity contribution in [1.29, 1.82) is 0 Å². The van der Waals surface area contributed by atoms with E-state index in [9.17, 15) is 4.79 Å². The summed E-state index contributed by atoms with van der Waals surface area (Å²) < 4.78 is 0. The smallest absolute Gasteiger partial charge is 0.150 e. The molecule has 0 saturated carbocycles. The van der Waals surface area contributed by atoms with Crippen molar-refractivity contribution in [2.45, 2.75) is 4.90 Å². The third kappa shape index (κ3) is 2.24. The van der Waals surface area contributed by atoms with Gasteiger partial charge >= 0.3 is 0 Å². The lowest BCUT2D eigenvalue weighted by Crippen LogP contribution is -1.80. The van der Waals surface area contributed by atoms with Gasteiger partial charge in [-0.15, -0.1) is 11.8 Å². The Hall–Kier alpha value is -0.470. The van der Waals surface area contributed by atoms with Gasteiger partial charge in [-0.05, 0) is 24.5 Å². The highest BCUT2D eigenvalue weighted by molar-refractivity contribution is 7.98. The SMILES string of the molecule is CSc1cc(Cl)cc(C=O)c1. The van der Waals surface area contributed by atoms with Gasteiger partial charge in [-0.2, -0.15) is 0 Å². The number of hydrogen-bond donors (Lipinski definition) is 0. The number of aldehydes is 1. The highest BCUT2D eigenvalue weighted by atomic mass is 35.5. The maximum atomic E-state index is 10.4. The summed E-state index contributed by atoms with van der Waals surface area (Å²) in [6.07, 6.45) is 2.74. The lowest BCUT2D eigenvalue weighted by atomic mass is 10.2. The Morgan fingerprint density at radius 1 is 1.45 bits per heavy atom. The van der Waals surface area contributed by atoms with Crippen LogP contribution >= 0.6 is 23.4 Å². The Kier molecular flexibility index (Phi) is 2.97. The predicted molar refractivity (Wildman–Crippen MR) is 48.6 cm³/mol. The molecule has 0 fully saturated rings. The minimum absolute atomic E-state index is 0.610. The molecular weight excluding hydrogens is 180 g/mol. The first-order valence-electron chi connectivity index (χ1n) is 3.06. The van der Waals surface area contributed by atoms with Crippen molar-refractivity contribution in [3.05, 3.63) is 28.8 Å². The van der Waals surface area contributed by atoms with Gasteiger partial charge in [0.25, 0.3) is 0 Å². The summed E-state index contributed by atoms with van der Waals surface area (Å²) in [5, 5.41) is 0.610. The van der Waals surface area contributed by atoms with E-state index in [1.807, 2.05) is 18.4 Å². The third-order valence-corrected chi connectivity index (χ3v) is 2.19. The summed E-state index contributed by atoms with van der Waals surface area (Å²) in [7, 11) is 0. The van der Waals surface area contributed by atoms with Crippen molar-refractivity contribution in [2.75, 3.05) is 6.26 Å². The second-order valence-corrected chi connectivity index (χ2v) is 3.36. The monoisotopic (exact) mass is 186 g/mol. The van der Waals surface area contributed by atoms with Crippen LogP contribution in [-0.2, 0) is 0 Å². The summed E-state index contributed by atoms with van der Waals surface area (Å²) in [4.78, 5) is 11.4. The van der Waals surface area contributed by atoms with Gasteiger partial charge in [0.1, 0.15) is 6.29 Å². The zero-order chi connectivity index (χ0) is 8.27. The minimum Gasteiger partial charge on any atom is -0.298 e. The molecule has 0 aliphatic carbocycles. The Morgan fingerprint density at radius 3 is 2.73 bits per heavy atom. The maximum Gasteiger partial charge on any atom is 0.150 e. The van der Waals surface area contributed by atoms with E-state index in [1.54, 1.807) is 17.8 Å². The quantitative estimate of drug-likeness (QED) is 0.522. The summed E-state index contributed by atoms with van der Waals surface area (Å²) >= 11 is 7.30. The molecule has 1 aromatic rings. The van der Waals surface area contributed by atoms with E-state index in [0.717, 1.165) is 11.2 Å². The standard InChI is InChI=1S/C8H7ClOS/c1-11-8-3-6(5-10)2-7(9)4-8/h2-5H,1H3. The summed E-state index contributed by atoms with van der Waals surface area (Å²) in [5.74, 6) is 0. The van der Waals surface area contributed by atoms with E-state index >= 15 is 0 Å². The average molecular weight is 187 g/mol. The fraction of sp³-hybridized carbons (Fsp3) is 0.125. The van der Waals surface area contributed by atoms with Gasteiger partial charge in [-0.3, -0.25) is 4.79 Å². The summed E-state index contributed by atoms with van der Waals surface area (Å²) in [5.41, 5.74) is 0.627. The van der Waals surface area contributed by atoms with Gasteiger partial charge in [0.15, 0.2) is 0 Å². The lowest BCUT2D eigenvalue weighted by Gasteiger charge is -1.97. The topological polar surface area (TPSA) is 17.1 Å². The number of carbonyl (C=O) groups is 1. The van der Waals surface area contributed by atoms with Crippen LogP contribution in [0.4, 0.5) is 0 Å². The third-order valence-electron chi connectivity index (χ3n) is 1.27. The largest absolute Gasteiger partial charge is 0.298 e. The zero-order valence-electron chi connectivity index (χ0n) is 6.00. The highest BCUT2D eigenvalue weighted by Gasteiger charge is 1.96. The van der Waals surface area contributed by atoms with Crippen LogP contribution in [-0.4, -0.2) is 12.5 Å². The molecule has 0 aliphatic rings. The molecule has 0 radical (unpaired) electrons. The molecular formula is C8H7ClOS. The van der Waals surface area contributed by atoms with E-state index < -0.39 is 0 Å². The van der Waals surface area contributed by atoms with Crippen molar-refractivity contribution in [3.8, 4) is 0 Å². The Balaban J connectivity index is 3.11. The first kappa shape index (κ1) is 8.62. The van der Waals surface area contributed by atoms with Crippen molar-refractivity contribution in [3.63, 3.8) is 0 Å². The molecule has 0 aliphatic heterocycles. The molecule has 0 atom stereocenters. The normalized spacial score (nSPS) is 9.64. The van der Waals surface area contributed by atoms with E-state index in [0.29, 0.717) is 10.6 Å². The molecule has 58 valence electrons. The number of benzene rings is 1. The number of rotatable bonds is 2. The predicted octanol–water partition coefficient (Wildman–Crippen LogP) is 2.87. The Labute approximate surface area is 74.7 Å². The molecule has 1 nitrogen and oxygen atoms in total. The molecule has 0 aromatic heterocycles. The second-order valence-electron chi connectivity index (χ2n) is 2.04. The van der Waals surface area contributed by atoms with E-state index in [2.05, 4.69) is 0 Å². The fourth-order valence-electron chi connectivity index (χ4n) is 0.770. The van der Waals surface area contributed by atoms with Crippen molar-refractivity contribution < 1.29 is 4.79 Å². The minimum atomic E-state index is 0.610. The Bertz CT molecular complexity index is 273. The first-order valence-corrected chi connectivity index (χ1v) is 4.66. The van der Waals surface area contributed by atoms with Crippen LogP contribution in [0.15, 0.2) is 23.1 Å². The van der Waals surface area contributed by atoms with Gasteiger partial charge in [0, 0.05) is 15.5 Å². The fourth-order valence-corrected chi connectivity index (χ4v) is 1.58. The summed E-state index contributed by atoms with van der Waals surface area (Å²) in [6, 6.07) is 5.29. The molecule has 11 heavy (non-hydrogen) atoms.